The number of aldehydes is 1. The molecule has 0 saturated carbocycles. The fourth-order valence-corrected chi connectivity index (χ4v) is 0.277. The van der Waals surface area contributed by atoms with Gasteiger partial charge in [-0.2, -0.15) is 0 Å². The molecule has 0 radical (unpaired) electrons. The van der Waals surface area contributed by atoms with Gasteiger partial charge in [0.2, 0.25) is 0 Å². The highest BCUT2D eigenvalue weighted by Crippen LogP contribution is 1.76. The van der Waals surface area contributed by atoms with Gasteiger partial charge in [0.1, 0.15) is 12.9 Å². The summed E-state index contributed by atoms with van der Waals surface area (Å²) in [6.07, 6.45) is 3.38. The second-order valence-corrected chi connectivity index (χ2v) is 1.37. The lowest BCUT2D eigenvalue weighted by molar-refractivity contribution is -0.139. The Bertz CT molecular complexity index is 126. The molecule has 0 unspecified atom stereocenters. The molecule has 0 rings (SSSR count). The summed E-state index contributed by atoms with van der Waals surface area (Å²) in [5.74, 6) is -0.342. The Morgan fingerprint density at radius 2 is 2.33 bits per heavy atom. The van der Waals surface area contributed by atoms with Crippen molar-refractivity contribution in [1.29, 1.82) is 0 Å². The Balaban J connectivity index is 3.19. The predicted octanol–water partition coefficient (Wildman–Crippen LogP) is 0.305. The topological polar surface area (TPSA) is 43.4 Å². The second-order valence-electron chi connectivity index (χ2n) is 1.37. The summed E-state index contributed by atoms with van der Waals surface area (Å²) in [4.78, 5) is 19.7. The molecular weight excluding hydrogens is 120 g/mol. The number of rotatable bonds is 3. The lowest BCUT2D eigenvalue weighted by atomic mass is 10.5. The normalized spacial score (nSPS) is 9.44. The molecule has 0 aromatic heterocycles. The maximum atomic E-state index is 10.1. The maximum absolute atomic E-state index is 10.1. The first-order chi connectivity index (χ1) is 4.27. The molecule has 3 nitrogen and oxygen atoms in total. The van der Waals surface area contributed by atoms with E-state index in [2.05, 4.69) is 4.74 Å². The molecule has 0 fully saturated rings. The van der Waals surface area contributed by atoms with Crippen molar-refractivity contribution < 1.29 is 14.3 Å². The molecule has 0 aliphatic carbocycles. The first-order valence-electron chi connectivity index (χ1n) is 2.51. The third kappa shape index (κ3) is 6.88. The number of ether oxygens (including phenoxy) is 1. The van der Waals surface area contributed by atoms with Gasteiger partial charge in [0.15, 0.2) is 0 Å². The fourth-order valence-electron chi connectivity index (χ4n) is 0.277. The van der Waals surface area contributed by atoms with Crippen molar-refractivity contribution in [3.63, 3.8) is 0 Å². The van der Waals surface area contributed by atoms with Gasteiger partial charge in [-0.25, -0.2) is 0 Å². The van der Waals surface area contributed by atoms with Crippen molar-refractivity contribution in [2.75, 3.05) is 6.61 Å². The van der Waals surface area contributed by atoms with Gasteiger partial charge >= 0.3 is 5.97 Å². The van der Waals surface area contributed by atoms with Gasteiger partial charge in [-0.05, 0) is 12.2 Å². The first kappa shape index (κ1) is 7.88. The molecule has 0 saturated heterocycles. The zero-order chi connectivity index (χ0) is 7.11. The van der Waals surface area contributed by atoms with E-state index in [0.717, 1.165) is 0 Å². The number of carbonyl (C=O) groups excluding carboxylic acids is 2. The largest absolute Gasteiger partial charge is 0.462 e. The number of hydrogen-bond acceptors (Lipinski definition) is 3. The summed E-state index contributed by atoms with van der Waals surface area (Å²) >= 11 is 0. The van der Waals surface area contributed by atoms with E-state index in [9.17, 15) is 9.59 Å². The van der Waals surface area contributed by atoms with Crippen LogP contribution in [0.15, 0.2) is 12.2 Å². The summed E-state index contributed by atoms with van der Waals surface area (Å²) < 4.78 is 4.46. The van der Waals surface area contributed by atoms with Crippen LogP contribution < -0.4 is 0 Å². The molecule has 0 bridgehead atoms. The molecule has 0 atom stereocenters. The van der Waals surface area contributed by atoms with Gasteiger partial charge < -0.3 is 4.74 Å². The van der Waals surface area contributed by atoms with Crippen molar-refractivity contribution in [3.8, 4) is 0 Å². The molecule has 3 heteroatoms. The average Bonchev–Trinajstić information content (AvgIpc) is 1.80. The standard InChI is InChI=1S/C6H8O3/c1-6(8)9-5-3-2-4-7/h2-4H,5H2,1H3. The number of hydrogen-bond donors (Lipinski definition) is 0. The van der Waals surface area contributed by atoms with Gasteiger partial charge in [-0.1, -0.05) is 0 Å². The minimum atomic E-state index is -0.342. The molecule has 0 aliphatic rings. The minimum absolute atomic E-state index is 0.175. The van der Waals surface area contributed by atoms with Crippen LogP contribution in [0.2, 0.25) is 0 Å². The zero-order valence-electron chi connectivity index (χ0n) is 5.16. The summed E-state index contributed by atoms with van der Waals surface area (Å²) in [6, 6.07) is 0. The second kappa shape index (κ2) is 5.03. The van der Waals surface area contributed by atoms with E-state index < -0.39 is 0 Å². The monoisotopic (exact) mass is 128 g/mol. The molecular formula is C6H8O3. The molecule has 0 spiro atoms. The van der Waals surface area contributed by atoms with Gasteiger partial charge in [0, 0.05) is 6.92 Å². The summed E-state index contributed by atoms with van der Waals surface area (Å²) in [5.41, 5.74) is 0. The van der Waals surface area contributed by atoms with E-state index in [-0.39, 0.29) is 12.6 Å². The fraction of sp³-hybridized carbons (Fsp3) is 0.333. The van der Waals surface area contributed by atoms with Gasteiger partial charge in [-0.15, -0.1) is 0 Å². The molecule has 50 valence electrons. The van der Waals surface area contributed by atoms with Crippen LogP contribution in [0.4, 0.5) is 0 Å². The van der Waals surface area contributed by atoms with E-state index in [1.165, 1.54) is 19.1 Å². The van der Waals surface area contributed by atoms with Crippen LogP contribution in [-0.4, -0.2) is 18.9 Å². The molecule has 0 aromatic carbocycles. The predicted molar refractivity (Wildman–Crippen MR) is 31.8 cm³/mol. The Kier molecular flexibility index (Phi) is 4.40. The Hall–Kier alpha value is -1.12. The van der Waals surface area contributed by atoms with E-state index in [0.29, 0.717) is 6.29 Å². The van der Waals surface area contributed by atoms with E-state index in [1.54, 1.807) is 0 Å². The van der Waals surface area contributed by atoms with Crippen LogP contribution in [0.3, 0.4) is 0 Å². The van der Waals surface area contributed by atoms with E-state index >= 15 is 0 Å². The molecule has 0 heterocycles. The Morgan fingerprint density at radius 3 is 2.78 bits per heavy atom. The van der Waals surface area contributed by atoms with E-state index in [1.807, 2.05) is 0 Å². The minimum Gasteiger partial charge on any atom is -0.462 e. The van der Waals surface area contributed by atoms with Crippen molar-refractivity contribution in [2.24, 2.45) is 0 Å². The first-order valence-corrected chi connectivity index (χ1v) is 2.51. The molecule has 0 aromatic rings. The molecule has 0 amide bonds. The molecule has 0 N–H and O–H groups in total. The summed E-state index contributed by atoms with van der Waals surface area (Å²) in [6.45, 7) is 1.49. The molecule has 9 heavy (non-hydrogen) atoms. The van der Waals surface area contributed by atoms with Crippen LogP contribution in [0.5, 0.6) is 0 Å². The number of allylic oxidation sites excluding steroid dienone is 1. The van der Waals surface area contributed by atoms with Gasteiger partial charge in [-0.3, -0.25) is 9.59 Å². The number of carbonyl (C=O) groups is 2. The summed E-state index contributed by atoms with van der Waals surface area (Å²) in [7, 11) is 0. The summed E-state index contributed by atoms with van der Waals surface area (Å²) in [5, 5.41) is 0. The highest BCUT2D eigenvalue weighted by Gasteiger charge is 1.84. The number of esters is 1. The zero-order valence-corrected chi connectivity index (χ0v) is 5.16. The van der Waals surface area contributed by atoms with Crippen LogP contribution in [-0.2, 0) is 14.3 Å². The lowest BCUT2D eigenvalue weighted by Gasteiger charge is -1.91. The third-order valence-corrected chi connectivity index (χ3v) is 0.597. The van der Waals surface area contributed by atoms with Crippen LogP contribution >= 0.6 is 0 Å². The van der Waals surface area contributed by atoms with Crippen LogP contribution in [0.25, 0.3) is 0 Å². The highest BCUT2D eigenvalue weighted by molar-refractivity contribution is 5.67. The molecule has 0 aliphatic heterocycles. The van der Waals surface area contributed by atoms with Crippen LogP contribution in [0, 0.1) is 0 Å². The van der Waals surface area contributed by atoms with Crippen molar-refractivity contribution in [1.82, 2.24) is 0 Å². The SMILES string of the molecule is CC(=O)OCC=CC=O. The van der Waals surface area contributed by atoms with Crippen molar-refractivity contribution in [2.45, 2.75) is 6.92 Å². The highest BCUT2D eigenvalue weighted by atomic mass is 16.5. The van der Waals surface area contributed by atoms with Crippen LogP contribution in [0.1, 0.15) is 6.92 Å². The Morgan fingerprint density at radius 1 is 1.67 bits per heavy atom. The Labute approximate surface area is 53.3 Å². The smallest absolute Gasteiger partial charge is 0.302 e. The van der Waals surface area contributed by atoms with Gasteiger partial charge in [0.05, 0.1) is 0 Å². The van der Waals surface area contributed by atoms with E-state index in [4.69, 9.17) is 0 Å². The van der Waals surface area contributed by atoms with Gasteiger partial charge in [0.25, 0.3) is 0 Å². The average molecular weight is 128 g/mol. The quantitative estimate of drug-likeness (QED) is 0.312. The van der Waals surface area contributed by atoms with Crippen molar-refractivity contribution >= 4 is 12.3 Å². The maximum Gasteiger partial charge on any atom is 0.302 e. The van der Waals surface area contributed by atoms with Crippen molar-refractivity contribution in [3.05, 3.63) is 12.2 Å². The lowest BCUT2D eigenvalue weighted by Crippen LogP contribution is -1.97. The third-order valence-electron chi connectivity index (χ3n) is 0.597.